The van der Waals surface area contributed by atoms with Gasteiger partial charge in [0.1, 0.15) is 5.75 Å². The Morgan fingerprint density at radius 1 is 1.18 bits per heavy atom. The van der Waals surface area contributed by atoms with Crippen molar-refractivity contribution in [1.29, 1.82) is 0 Å². The largest absolute Gasteiger partial charge is 0.497 e. The SMILES string of the molecule is COc1cccc(C(=O)Nc2ccc(Cl)c(C3=Nc4ncc(C)cc4C3)c2)c1. The number of nitrogens with one attached hydrogen (secondary N) is 1. The first-order chi connectivity index (χ1) is 13.5. The maximum atomic E-state index is 12.6. The number of aliphatic imine (C=N–C) groups is 1. The van der Waals surface area contributed by atoms with E-state index in [1.54, 1.807) is 49.7 Å². The van der Waals surface area contributed by atoms with Crippen LogP contribution in [0.1, 0.15) is 27.0 Å². The highest BCUT2D eigenvalue weighted by molar-refractivity contribution is 6.34. The van der Waals surface area contributed by atoms with Crippen LogP contribution in [-0.2, 0) is 6.42 Å². The minimum Gasteiger partial charge on any atom is -0.497 e. The van der Waals surface area contributed by atoms with Gasteiger partial charge in [0.2, 0.25) is 0 Å². The molecular weight excluding hydrogens is 374 g/mol. The molecule has 0 bridgehead atoms. The molecule has 1 aliphatic heterocycles. The van der Waals surface area contributed by atoms with Crippen LogP contribution < -0.4 is 10.1 Å². The minimum atomic E-state index is -0.221. The van der Waals surface area contributed by atoms with Gasteiger partial charge in [-0.2, -0.15) is 0 Å². The molecule has 1 aromatic heterocycles. The quantitative estimate of drug-likeness (QED) is 0.682. The van der Waals surface area contributed by atoms with Crippen LogP contribution in [0.3, 0.4) is 0 Å². The molecule has 1 aliphatic rings. The van der Waals surface area contributed by atoms with Crippen molar-refractivity contribution in [3.05, 3.63) is 82.0 Å². The zero-order valence-electron chi connectivity index (χ0n) is 15.5. The van der Waals surface area contributed by atoms with Gasteiger partial charge in [-0.25, -0.2) is 9.98 Å². The Kier molecular flexibility index (Phi) is 4.84. The Morgan fingerprint density at radius 2 is 2.04 bits per heavy atom. The van der Waals surface area contributed by atoms with Gasteiger partial charge in [-0.3, -0.25) is 4.79 Å². The first kappa shape index (κ1) is 18.2. The maximum Gasteiger partial charge on any atom is 0.255 e. The van der Waals surface area contributed by atoms with Crippen molar-refractivity contribution in [3.63, 3.8) is 0 Å². The molecule has 2 aromatic carbocycles. The summed E-state index contributed by atoms with van der Waals surface area (Å²) in [5, 5.41) is 3.49. The van der Waals surface area contributed by atoms with Crippen molar-refractivity contribution in [2.24, 2.45) is 4.99 Å². The van der Waals surface area contributed by atoms with E-state index in [0.29, 0.717) is 28.4 Å². The summed E-state index contributed by atoms with van der Waals surface area (Å²) in [6.07, 6.45) is 2.47. The summed E-state index contributed by atoms with van der Waals surface area (Å²) in [5.74, 6) is 1.13. The molecule has 0 radical (unpaired) electrons. The Labute approximate surface area is 168 Å². The van der Waals surface area contributed by atoms with E-state index in [1.807, 2.05) is 13.0 Å². The zero-order valence-corrected chi connectivity index (χ0v) is 16.2. The predicted molar refractivity (Wildman–Crippen MR) is 111 cm³/mol. The number of nitrogens with zero attached hydrogens (tertiary/aromatic N) is 2. The fraction of sp³-hybridized carbons (Fsp3) is 0.136. The number of fused-ring (bicyclic) bond motifs is 1. The van der Waals surface area contributed by atoms with Gasteiger partial charge in [0.15, 0.2) is 5.82 Å². The van der Waals surface area contributed by atoms with Crippen LogP contribution in [0.15, 0.2) is 59.7 Å². The minimum absolute atomic E-state index is 0.221. The first-order valence-electron chi connectivity index (χ1n) is 8.82. The second-order valence-corrected chi connectivity index (χ2v) is 7.02. The van der Waals surface area contributed by atoms with E-state index in [4.69, 9.17) is 16.3 Å². The Morgan fingerprint density at radius 3 is 2.86 bits per heavy atom. The average molecular weight is 392 g/mol. The molecule has 0 aliphatic carbocycles. The predicted octanol–water partition coefficient (Wildman–Crippen LogP) is 4.98. The molecule has 0 fully saturated rings. The van der Waals surface area contributed by atoms with Crippen molar-refractivity contribution >= 4 is 34.7 Å². The van der Waals surface area contributed by atoms with Crippen LogP contribution in [0.25, 0.3) is 0 Å². The number of hydrogen-bond acceptors (Lipinski definition) is 4. The third kappa shape index (κ3) is 3.62. The van der Waals surface area contributed by atoms with Crippen molar-refractivity contribution in [3.8, 4) is 5.75 Å². The monoisotopic (exact) mass is 391 g/mol. The lowest BCUT2D eigenvalue weighted by atomic mass is 10.0. The number of rotatable bonds is 4. The Hall–Kier alpha value is -3.18. The number of ether oxygens (including phenoxy) is 1. The van der Waals surface area contributed by atoms with E-state index >= 15 is 0 Å². The standard InChI is InChI=1S/C22H18ClN3O2/c1-13-8-15-10-20(26-21(15)24-12-13)18-11-16(6-7-19(18)23)25-22(27)14-4-3-5-17(9-14)28-2/h3-9,11-12H,10H2,1-2H3,(H,25,27). The van der Waals surface area contributed by atoms with Crippen molar-refractivity contribution < 1.29 is 9.53 Å². The number of aryl methyl sites for hydroxylation is 1. The molecular formula is C22H18ClN3O2. The molecule has 2 heterocycles. The van der Waals surface area contributed by atoms with Crippen LogP contribution in [0, 0.1) is 6.92 Å². The summed E-state index contributed by atoms with van der Waals surface area (Å²) in [5.41, 5.74) is 4.98. The van der Waals surface area contributed by atoms with Crippen LogP contribution in [0.5, 0.6) is 5.75 Å². The number of carbonyl (C=O) groups is 1. The topological polar surface area (TPSA) is 63.6 Å². The van der Waals surface area contributed by atoms with E-state index in [9.17, 15) is 4.79 Å². The van der Waals surface area contributed by atoms with Gasteiger partial charge in [0, 0.05) is 40.0 Å². The zero-order chi connectivity index (χ0) is 19.7. The second-order valence-electron chi connectivity index (χ2n) is 6.61. The van der Waals surface area contributed by atoms with Crippen LogP contribution in [0.2, 0.25) is 5.02 Å². The van der Waals surface area contributed by atoms with Crippen LogP contribution in [-0.4, -0.2) is 23.7 Å². The number of carbonyl (C=O) groups excluding carboxylic acids is 1. The molecule has 0 atom stereocenters. The Bertz CT molecular complexity index is 1110. The summed E-state index contributed by atoms with van der Waals surface area (Å²) in [7, 11) is 1.57. The third-order valence-electron chi connectivity index (χ3n) is 4.55. The van der Waals surface area contributed by atoms with Gasteiger partial charge in [0.05, 0.1) is 12.8 Å². The van der Waals surface area contributed by atoms with Gasteiger partial charge in [-0.1, -0.05) is 23.7 Å². The van der Waals surface area contributed by atoms with E-state index in [0.717, 1.165) is 28.2 Å². The number of pyridine rings is 1. The lowest BCUT2D eigenvalue weighted by Gasteiger charge is -2.10. The number of aromatic nitrogens is 1. The fourth-order valence-corrected chi connectivity index (χ4v) is 3.37. The molecule has 0 saturated heterocycles. The molecule has 0 unspecified atom stereocenters. The lowest BCUT2D eigenvalue weighted by molar-refractivity contribution is 0.102. The summed E-state index contributed by atoms with van der Waals surface area (Å²) in [4.78, 5) is 21.6. The number of anilines is 1. The van der Waals surface area contributed by atoms with Crippen LogP contribution in [0.4, 0.5) is 11.5 Å². The highest BCUT2D eigenvalue weighted by Gasteiger charge is 2.20. The van der Waals surface area contributed by atoms with Crippen molar-refractivity contribution in [1.82, 2.24) is 4.98 Å². The van der Waals surface area contributed by atoms with Gasteiger partial charge < -0.3 is 10.1 Å². The van der Waals surface area contributed by atoms with E-state index in [1.165, 1.54) is 0 Å². The smallest absolute Gasteiger partial charge is 0.255 e. The molecule has 140 valence electrons. The number of methoxy groups -OCH3 is 1. The molecule has 3 aromatic rings. The number of benzene rings is 2. The van der Waals surface area contributed by atoms with Crippen molar-refractivity contribution in [2.75, 3.05) is 12.4 Å². The second kappa shape index (κ2) is 7.44. The molecule has 0 spiro atoms. The van der Waals surface area contributed by atoms with Crippen molar-refractivity contribution in [2.45, 2.75) is 13.3 Å². The maximum absolute atomic E-state index is 12.6. The molecule has 28 heavy (non-hydrogen) atoms. The summed E-state index contributed by atoms with van der Waals surface area (Å²) >= 11 is 6.41. The van der Waals surface area contributed by atoms with Crippen LogP contribution >= 0.6 is 11.6 Å². The molecule has 1 N–H and O–H groups in total. The average Bonchev–Trinajstić information content (AvgIpc) is 3.12. The summed E-state index contributed by atoms with van der Waals surface area (Å²) < 4.78 is 5.18. The van der Waals surface area contributed by atoms with Gasteiger partial charge in [-0.05, 0) is 48.9 Å². The Balaban J connectivity index is 1.59. The number of hydrogen-bond donors (Lipinski definition) is 1. The molecule has 1 amide bonds. The normalized spacial score (nSPS) is 12.3. The first-order valence-corrected chi connectivity index (χ1v) is 9.19. The van der Waals surface area contributed by atoms with E-state index in [-0.39, 0.29) is 5.91 Å². The fourth-order valence-electron chi connectivity index (χ4n) is 3.15. The van der Waals surface area contributed by atoms with E-state index in [2.05, 4.69) is 21.4 Å². The molecule has 5 nitrogen and oxygen atoms in total. The number of amides is 1. The molecule has 0 saturated carbocycles. The van der Waals surface area contributed by atoms with Gasteiger partial charge >= 0.3 is 0 Å². The third-order valence-corrected chi connectivity index (χ3v) is 4.87. The molecule has 4 rings (SSSR count). The summed E-state index contributed by atoms with van der Waals surface area (Å²) in [6.45, 7) is 2.01. The highest BCUT2D eigenvalue weighted by atomic mass is 35.5. The highest BCUT2D eigenvalue weighted by Crippen LogP contribution is 2.31. The van der Waals surface area contributed by atoms with Gasteiger partial charge in [-0.15, -0.1) is 0 Å². The summed E-state index contributed by atoms with van der Waals surface area (Å²) in [6, 6.07) is 14.5. The van der Waals surface area contributed by atoms with E-state index < -0.39 is 0 Å². The molecule has 6 heteroatoms. The number of halogens is 1. The lowest BCUT2D eigenvalue weighted by Crippen LogP contribution is -2.12. The van der Waals surface area contributed by atoms with Gasteiger partial charge in [0.25, 0.3) is 5.91 Å².